The van der Waals surface area contributed by atoms with Crippen LogP contribution in [0, 0.1) is 6.92 Å². The fourth-order valence-electron chi connectivity index (χ4n) is 3.74. The molecule has 0 radical (unpaired) electrons. The van der Waals surface area contributed by atoms with E-state index in [1.54, 1.807) is 54.2 Å². The van der Waals surface area contributed by atoms with E-state index in [1.807, 2.05) is 42.5 Å². The molecule has 1 amide bonds. The van der Waals surface area contributed by atoms with E-state index in [9.17, 15) is 13.2 Å². The summed E-state index contributed by atoms with van der Waals surface area (Å²) in [5, 5.41) is 2.86. The Bertz CT molecular complexity index is 1430. The molecular weight excluding hydrogens is 516 g/mol. The highest BCUT2D eigenvalue weighted by Crippen LogP contribution is 2.28. The SMILES string of the molecule is Cc1ccccc1CSCCNC(=O)CN(c1ccc(Oc2ccccc2)cc1)S(=O)(=O)c1ccccc1. The van der Waals surface area contributed by atoms with Crippen molar-refractivity contribution in [1.82, 2.24) is 5.32 Å². The highest BCUT2D eigenvalue weighted by Gasteiger charge is 2.27. The van der Waals surface area contributed by atoms with Gasteiger partial charge in [-0.1, -0.05) is 60.7 Å². The number of hydrogen-bond acceptors (Lipinski definition) is 5. The van der Waals surface area contributed by atoms with Gasteiger partial charge in [0.2, 0.25) is 5.91 Å². The Kier molecular flexibility index (Phi) is 9.46. The molecule has 4 aromatic rings. The highest BCUT2D eigenvalue weighted by molar-refractivity contribution is 7.98. The summed E-state index contributed by atoms with van der Waals surface area (Å²) < 4.78 is 34.0. The number of ether oxygens (including phenoxy) is 1. The summed E-state index contributed by atoms with van der Waals surface area (Å²) in [5.41, 5.74) is 2.88. The second kappa shape index (κ2) is 13.2. The summed E-state index contributed by atoms with van der Waals surface area (Å²) >= 11 is 1.72. The first kappa shape index (κ1) is 27.3. The van der Waals surface area contributed by atoms with Gasteiger partial charge in [0, 0.05) is 18.1 Å². The Morgan fingerprint density at radius 1 is 0.816 bits per heavy atom. The molecule has 0 bridgehead atoms. The van der Waals surface area contributed by atoms with Crippen LogP contribution < -0.4 is 14.4 Å². The Balaban J connectivity index is 1.42. The summed E-state index contributed by atoms with van der Waals surface area (Å²) in [6.07, 6.45) is 0. The van der Waals surface area contributed by atoms with Crippen molar-refractivity contribution in [3.63, 3.8) is 0 Å². The molecular formula is C30H30N2O4S2. The van der Waals surface area contributed by atoms with Crippen LogP contribution in [0.2, 0.25) is 0 Å². The van der Waals surface area contributed by atoms with Crippen molar-refractivity contribution in [2.45, 2.75) is 17.6 Å². The van der Waals surface area contributed by atoms with Crippen LogP contribution in [0.15, 0.2) is 114 Å². The number of amides is 1. The summed E-state index contributed by atoms with van der Waals surface area (Å²) in [6, 6.07) is 32.3. The molecule has 0 spiro atoms. The Morgan fingerprint density at radius 2 is 1.42 bits per heavy atom. The summed E-state index contributed by atoms with van der Waals surface area (Å²) in [7, 11) is -3.97. The third kappa shape index (κ3) is 7.40. The quantitative estimate of drug-likeness (QED) is 0.220. The topological polar surface area (TPSA) is 75.7 Å². The lowest BCUT2D eigenvalue weighted by molar-refractivity contribution is -0.119. The Hall–Kier alpha value is -3.75. The zero-order chi connectivity index (χ0) is 26.8. The lowest BCUT2D eigenvalue weighted by Gasteiger charge is -2.24. The lowest BCUT2D eigenvalue weighted by Crippen LogP contribution is -2.41. The van der Waals surface area contributed by atoms with Gasteiger partial charge in [0.15, 0.2) is 0 Å². The molecule has 0 unspecified atom stereocenters. The summed E-state index contributed by atoms with van der Waals surface area (Å²) in [5.74, 6) is 2.44. The first-order chi connectivity index (χ1) is 18.4. The molecule has 0 fully saturated rings. The number of carbonyl (C=O) groups excluding carboxylic acids is 1. The van der Waals surface area contributed by atoms with E-state index in [2.05, 4.69) is 24.4 Å². The minimum Gasteiger partial charge on any atom is -0.457 e. The van der Waals surface area contributed by atoms with E-state index < -0.39 is 10.0 Å². The van der Waals surface area contributed by atoms with E-state index in [-0.39, 0.29) is 17.3 Å². The monoisotopic (exact) mass is 546 g/mol. The van der Waals surface area contributed by atoms with Crippen molar-refractivity contribution in [3.05, 3.63) is 120 Å². The Morgan fingerprint density at radius 3 is 2.11 bits per heavy atom. The Labute approximate surface area is 228 Å². The molecule has 4 rings (SSSR count). The van der Waals surface area contributed by atoms with Crippen LogP contribution in [0.25, 0.3) is 0 Å². The van der Waals surface area contributed by atoms with Crippen LogP contribution in [0.1, 0.15) is 11.1 Å². The summed E-state index contributed by atoms with van der Waals surface area (Å²) in [6.45, 7) is 2.19. The van der Waals surface area contributed by atoms with Gasteiger partial charge in [0.1, 0.15) is 18.0 Å². The molecule has 0 saturated heterocycles. The van der Waals surface area contributed by atoms with Crippen LogP contribution in [-0.4, -0.2) is 33.2 Å². The number of nitrogens with zero attached hydrogens (tertiary/aromatic N) is 1. The second-order valence-corrected chi connectivity index (χ2v) is 11.5. The van der Waals surface area contributed by atoms with Crippen molar-refractivity contribution < 1.29 is 17.9 Å². The molecule has 0 heterocycles. The number of para-hydroxylation sites is 1. The molecule has 0 atom stereocenters. The van der Waals surface area contributed by atoms with E-state index in [1.165, 1.54) is 23.3 Å². The third-order valence-electron chi connectivity index (χ3n) is 5.81. The number of carbonyl (C=O) groups is 1. The standard InChI is InChI=1S/C30H30N2O4S2/c1-24-10-8-9-11-25(24)23-37-21-20-31-30(33)22-32(38(34,35)29-14-6-3-7-15-29)26-16-18-28(19-17-26)36-27-12-4-2-5-13-27/h2-19H,20-23H2,1H3,(H,31,33). The minimum absolute atomic E-state index is 0.117. The number of aryl methyl sites for hydroxylation is 1. The van der Waals surface area contributed by atoms with Gasteiger partial charge in [-0.25, -0.2) is 8.42 Å². The molecule has 0 saturated carbocycles. The number of benzene rings is 4. The molecule has 38 heavy (non-hydrogen) atoms. The number of rotatable bonds is 12. The molecule has 0 aliphatic heterocycles. The van der Waals surface area contributed by atoms with Crippen LogP contribution in [0.5, 0.6) is 11.5 Å². The largest absolute Gasteiger partial charge is 0.457 e. The lowest BCUT2D eigenvalue weighted by atomic mass is 10.1. The van der Waals surface area contributed by atoms with Crippen LogP contribution >= 0.6 is 11.8 Å². The molecule has 0 aliphatic rings. The molecule has 0 aromatic heterocycles. The van der Waals surface area contributed by atoms with Crippen molar-refractivity contribution in [2.24, 2.45) is 0 Å². The van der Waals surface area contributed by atoms with Crippen molar-refractivity contribution >= 4 is 33.4 Å². The maximum absolute atomic E-state index is 13.5. The molecule has 4 aromatic carbocycles. The van der Waals surface area contributed by atoms with Gasteiger partial charge < -0.3 is 10.1 Å². The molecule has 1 N–H and O–H groups in total. The van der Waals surface area contributed by atoms with Crippen LogP contribution in [-0.2, 0) is 20.6 Å². The van der Waals surface area contributed by atoms with Crippen LogP contribution in [0.4, 0.5) is 5.69 Å². The van der Waals surface area contributed by atoms with E-state index in [0.717, 1.165) is 15.8 Å². The third-order valence-corrected chi connectivity index (χ3v) is 8.61. The van der Waals surface area contributed by atoms with Gasteiger partial charge in [0.25, 0.3) is 10.0 Å². The number of sulfonamides is 1. The summed E-state index contributed by atoms with van der Waals surface area (Å²) in [4.78, 5) is 13.0. The van der Waals surface area contributed by atoms with Gasteiger partial charge in [-0.3, -0.25) is 9.10 Å². The van der Waals surface area contributed by atoms with Gasteiger partial charge in [-0.15, -0.1) is 0 Å². The average molecular weight is 547 g/mol. The van der Waals surface area contributed by atoms with Crippen molar-refractivity contribution in [2.75, 3.05) is 23.1 Å². The van der Waals surface area contributed by atoms with E-state index >= 15 is 0 Å². The predicted molar refractivity (Wildman–Crippen MR) is 154 cm³/mol. The molecule has 6 nitrogen and oxygen atoms in total. The van der Waals surface area contributed by atoms with Gasteiger partial charge in [-0.2, -0.15) is 11.8 Å². The number of hydrogen-bond donors (Lipinski definition) is 1. The van der Waals surface area contributed by atoms with Crippen molar-refractivity contribution in [1.29, 1.82) is 0 Å². The first-order valence-electron chi connectivity index (χ1n) is 12.2. The molecule has 8 heteroatoms. The fourth-order valence-corrected chi connectivity index (χ4v) is 6.12. The van der Waals surface area contributed by atoms with Crippen LogP contribution in [0.3, 0.4) is 0 Å². The predicted octanol–water partition coefficient (Wildman–Crippen LogP) is 6.03. The molecule has 196 valence electrons. The second-order valence-electron chi connectivity index (χ2n) is 8.56. The maximum Gasteiger partial charge on any atom is 0.264 e. The average Bonchev–Trinajstić information content (AvgIpc) is 2.94. The van der Waals surface area contributed by atoms with Gasteiger partial charge >= 0.3 is 0 Å². The fraction of sp³-hybridized carbons (Fsp3) is 0.167. The molecule has 0 aliphatic carbocycles. The number of nitrogens with one attached hydrogen (secondary N) is 1. The zero-order valence-electron chi connectivity index (χ0n) is 21.1. The van der Waals surface area contributed by atoms with Crippen molar-refractivity contribution in [3.8, 4) is 11.5 Å². The first-order valence-corrected chi connectivity index (χ1v) is 14.8. The van der Waals surface area contributed by atoms with E-state index in [4.69, 9.17) is 4.74 Å². The van der Waals surface area contributed by atoms with Gasteiger partial charge in [0.05, 0.1) is 10.6 Å². The zero-order valence-corrected chi connectivity index (χ0v) is 22.8. The normalized spacial score (nSPS) is 11.1. The minimum atomic E-state index is -3.97. The number of thioether (sulfide) groups is 1. The van der Waals surface area contributed by atoms with E-state index in [0.29, 0.717) is 23.7 Å². The maximum atomic E-state index is 13.5. The number of anilines is 1. The van der Waals surface area contributed by atoms with Gasteiger partial charge in [-0.05, 0) is 66.6 Å². The smallest absolute Gasteiger partial charge is 0.264 e. The highest BCUT2D eigenvalue weighted by atomic mass is 32.2.